The van der Waals surface area contributed by atoms with E-state index in [-0.39, 0.29) is 16.8 Å². The van der Waals surface area contributed by atoms with E-state index in [1.54, 1.807) is 36.4 Å². The van der Waals surface area contributed by atoms with Crippen molar-refractivity contribution in [2.75, 3.05) is 10.6 Å². The van der Waals surface area contributed by atoms with E-state index in [1.807, 2.05) is 6.07 Å². The number of rotatable bonds is 1. The van der Waals surface area contributed by atoms with Crippen LogP contribution in [0.25, 0.3) is 0 Å². The van der Waals surface area contributed by atoms with Crippen molar-refractivity contribution in [1.29, 1.82) is 5.26 Å². The summed E-state index contributed by atoms with van der Waals surface area (Å²) in [6.45, 7) is 0. The quantitative estimate of drug-likeness (QED) is 0.638. The van der Waals surface area contributed by atoms with Crippen molar-refractivity contribution in [3.8, 4) is 6.07 Å². The predicted octanol–water partition coefficient (Wildman–Crippen LogP) is 2.70. The van der Waals surface area contributed by atoms with Gasteiger partial charge in [0, 0.05) is 10.2 Å². The van der Waals surface area contributed by atoms with Gasteiger partial charge in [-0.2, -0.15) is 5.26 Å². The Labute approximate surface area is 128 Å². The molecule has 2 aromatic carbocycles. The maximum Gasteiger partial charge on any atom is 0.268 e. The minimum absolute atomic E-state index is 0.221. The van der Waals surface area contributed by atoms with E-state index < -0.39 is 11.8 Å². The van der Waals surface area contributed by atoms with E-state index in [1.165, 1.54) is 0 Å². The highest BCUT2D eigenvalue weighted by Gasteiger charge is 2.38. The van der Waals surface area contributed by atoms with Gasteiger partial charge in [-0.1, -0.05) is 6.07 Å². The Bertz CT molecular complexity index is 839. The standard InChI is InChI=1S/C15H8BrN3O2/c16-10-6-8(7-17)4-5-12(10)19-14(20)9-2-1-3-11(18)13(9)15(19)21/h1-6H,18H2. The number of fused-ring (bicyclic) bond motifs is 1. The average molecular weight is 342 g/mol. The molecule has 0 atom stereocenters. The number of hydrogen-bond acceptors (Lipinski definition) is 4. The fraction of sp³-hybridized carbons (Fsp3) is 0. The van der Waals surface area contributed by atoms with Crippen molar-refractivity contribution >= 4 is 39.1 Å². The highest BCUT2D eigenvalue weighted by atomic mass is 79.9. The molecule has 1 aliphatic heterocycles. The molecule has 0 unspecified atom stereocenters. The van der Waals surface area contributed by atoms with Gasteiger partial charge in [0.1, 0.15) is 0 Å². The Kier molecular flexibility index (Phi) is 3.00. The third kappa shape index (κ3) is 1.90. The van der Waals surface area contributed by atoms with Crippen LogP contribution in [0.2, 0.25) is 0 Å². The molecule has 0 radical (unpaired) electrons. The second-order valence-electron chi connectivity index (χ2n) is 4.49. The highest BCUT2D eigenvalue weighted by Crippen LogP contribution is 2.35. The first-order valence-corrected chi connectivity index (χ1v) is 6.81. The van der Waals surface area contributed by atoms with Crippen LogP contribution in [0.5, 0.6) is 0 Å². The molecule has 0 fully saturated rings. The molecular formula is C15H8BrN3O2. The zero-order chi connectivity index (χ0) is 15.1. The van der Waals surface area contributed by atoms with Crippen molar-refractivity contribution in [1.82, 2.24) is 0 Å². The van der Waals surface area contributed by atoms with Crippen molar-refractivity contribution in [3.63, 3.8) is 0 Å². The van der Waals surface area contributed by atoms with Gasteiger partial charge in [0.05, 0.1) is 28.4 Å². The molecule has 0 aromatic heterocycles. The second kappa shape index (κ2) is 4.72. The molecule has 102 valence electrons. The molecule has 0 saturated carbocycles. The molecule has 0 spiro atoms. The highest BCUT2D eigenvalue weighted by molar-refractivity contribution is 9.10. The molecule has 0 saturated heterocycles. The number of hydrogen-bond donors (Lipinski definition) is 1. The van der Waals surface area contributed by atoms with Gasteiger partial charge in [0.25, 0.3) is 11.8 Å². The number of carbonyl (C=O) groups is 2. The molecule has 5 nitrogen and oxygen atoms in total. The smallest absolute Gasteiger partial charge is 0.268 e. The number of halogens is 1. The Morgan fingerprint density at radius 2 is 1.90 bits per heavy atom. The molecule has 0 bridgehead atoms. The fourth-order valence-corrected chi connectivity index (χ4v) is 2.84. The largest absolute Gasteiger partial charge is 0.398 e. The van der Waals surface area contributed by atoms with E-state index in [9.17, 15) is 9.59 Å². The monoisotopic (exact) mass is 341 g/mol. The van der Waals surface area contributed by atoms with Gasteiger partial charge in [-0.15, -0.1) is 0 Å². The SMILES string of the molecule is N#Cc1ccc(N2C(=O)c3cccc(N)c3C2=O)c(Br)c1. The summed E-state index contributed by atoms with van der Waals surface area (Å²) in [4.78, 5) is 26.0. The molecule has 6 heteroatoms. The number of anilines is 2. The molecule has 1 heterocycles. The lowest BCUT2D eigenvalue weighted by Gasteiger charge is -2.15. The Hall–Kier alpha value is -2.65. The Balaban J connectivity index is 2.15. The van der Waals surface area contributed by atoms with Gasteiger partial charge >= 0.3 is 0 Å². The number of carbonyl (C=O) groups excluding carboxylic acids is 2. The topological polar surface area (TPSA) is 87.2 Å². The van der Waals surface area contributed by atoms with Gasteiger partial charge in [-0.3, -0.25) is 9.59 Å². The summed E-state index contributed by atoms with van der Waals surface area (Å²) in [7, 11) is 0. The van der Waals surface area contributed by atoms with Crippen LogP contribution in [-0.4, -0.2) is 11.8 Å². The number of nitriles is 1. The molecule has 1 aliphatic rings. The number of nitrogens with zero attached hydrogens (tertiary/aromatic N) is 2. The molecular weight excluding hydrogens is 334 g/mol. The number of nitrogen functional groups attached to an aromatic ring is 1. The van der Waals surface area contributed by atoms with Gasteiger partial charge in [0.15, 0.2) is 0 Å². The molecule has 2 amide bonds. The van der Waals surface area contributed by atoms with Gasteiger partial charge in [-0.05, 0) is 46.3 Å². The van der Waals surface area contributed by atoms with Crippen molar-refractivity contribution in [2.45, 2.75) is 0 Å². The summed E-state index contributed by atoms with van der Waals surface area (Å²) >= 11 is 3.29. The fourth-order valence-electron chi connectivity index (χ4n) is 2.29. The predicted molar refractivity (Wildman–Crippen MR) is 80.9 cm³/mol. The molecule has 21 heavy (non-hydrogen) atoms. The number of amides is 2. The first-order chi connectivity index (χ1) is 10.0. The van der Waals surface area contributed by atoms with Gasteiger partial charge in [0.2, 0.25) is 0 Å². The van der Waals surface area contributed by atoms with Crippen LogP contribution >= 0.6 is 15.9 Å². The lowest BCUT2D eigenvalue weighted by Crippen LogP contribution is -2.29. The van der Waals surface area contributed by atoms with E-state index in [4.69, 9.17) is 11.0 Å². The summed E-state index contributed by atoms with van der Waals surface area (Å²) in [6.07, 6.45) is 0. The Morgan fingerprint density at radius 3 is 2.52 bits per heavy atom. The summed E-state index contributed by atoms with van der Waals surface area (Å²) in [5.41, 5.74) is 7.40. The third-order valence-corrected chi connectivity index (χ3v) is 3.90. The maximum atomic E-state index is 12.5. The van der Waals surface area contributed by atoms with Gasteiger partial charge < -0.3 is 5.73 Å². The summed E-state index contributed by atoms with van der Waals surface area (Å²) < 4.78 is 0.495. The lowest BCUT2D eigenvalue weighted by molar-refractivity contribution is 0.0926. The normalized spacial score (nSPS) is 13.2. The van der Waals surface area contributed by atoms with Crippen LogP contribution in [0.4, 0.5) is 11.4 Å². The number of nitrogens with two attached hydrogens (primary N) is 1. The second-order valence-corrected chi connectivity index (χ2v) is 5.35. The minimum Gasteiger partial charge on any atom is -0.398 e. The van der Waals surface area contributed by atoms with Crippen molar-refractivity contribution in [3.05, 3.63) is 57.6 Å². The summed E-state index contributed by atoms with van der Waals surface area (Å²) in [6, 6.07) is 11.5. The van der Waals surface area contributed by atoms with Crippen LogP contribution in [0.3, 0.4) is 0 Å². The molecule has 0 aliphatic carbocycles. The first-order valence-electron chi connectivity index (χ1n) is 6.01. The number of benzene rings is 2. The molecule has 3 rings (SSSR count). The average Bonchev–Trinajstić information content (AvgIpc) is 2.72. The van der Waals surface area contributed by atoms with Crippen LogP contribution < -0.4 is 10.6 Å². The lowest BCUT2D eigenvalue weighted by atomic mass is 10.1. The summed E-state index contributed by atoms with van der Waals surface area (Å²) in [5.74, 6) is -0.883. The minimum atomic E-state index is -0.460. The summed E-state index contributed by atoms with van der Waals surface area (Å²) in [5, 5.41) is 8.87. The van der Waals surface area contributed by atoms with Crippen LogP contribution in [-0.2, 0) is 0 Å². The van der Waals surface area contributed by atoms with Crippen LogP contribution in [0.1, 0.15) is 26.3 Å². The Morgan fingerprint density at radius 1 is 1.14 bits per heavy atom. The van der Waals surface area contributed by atoms with E-state index in [0.717, 1.165) is 4.90 Å². The number of imide groups is 1. The molecule has 2 aromatic rings. The van der Waals surface area contributed by atoms with Crippen molar-refractivity contribution < 1.29 is 9.59 Å². The van der Waals surface area contributed by atoms with Crippen LogP contribution in [0, 0.1) is 11.3 Å². The van der Waals surface area contributed by atoms with E-state index in [0.29, 0.717) is 15.7 Å². The van der Waals surface area contributed by atoms with E-state index >= 15 is 0 Å². The van der Waals surface area contributed by atoms with E-state index in [2.05, 4.69) is 15.9 Å². The zero-order valence-electron chi connectivity index (χ0n) is 10.6. The maximum absolute atomic E-state index is 12.5. The third-order valence-electron chi connectivity index (χ3n) is 3.26. The van der Waals surface area contributed by atoms with Crippen molar-refractivity contribution in [2.24, 2.45) is 0 Å². The van der Waals surface area contributed by atoms with Gasteiger partial charge in [-0.25, -0.2) is 4.90 Å². The zero-order valence-corrected chi connectivity index (χ0v) is 12.2. The molecule has 2 N–H and O–H groups in total. The van der Waals surface area contributed by atoms with Crippen LogP contribution in [0.15, 0.2) is 40.9 Å². The first kappa shape index (κ1) is 13.3.